The molecule has 148 valence electrons. The number of amides is 1. The molecular formula is C23H23FN4O. The fraction of sp³-hybridized carbons (Fsp3) is 0.217. The minimum Gasteiger partial charge on any atom is -0.366 e. The number of para-hydroxylation sites is 1. The zero-order chi connectivity index (χ0) is 20.2. The topological polar surface area (TPSA) is 48.5 Å². The third kappa shape index (κ3) is 4.21. The molecule has 3 aromatic rings. The van der Waals surface area contributed by atoms with E-state index in [0.29, 0.717) is 16.9 Å². The minimum absolute atomic E-state index is 0.142. The summed E-state index contributed by atoms with van der Waals surface area (Å²) in [6.45, 7) is 4.90. The number of pyridine rings is 1. The number of rotatable bonds is 4. The molecule has 1 aliphatic heterocycles. The van der Waals surface area contributed by atoms with Gasteiger partial charge in [-0.05, 0) is 42.8 Å². The molecule has 2 aromatic carbocycles. The monoisotopic (exact) mass is 390 g/mol. The Morgan fingerprint density at radius 2 is 1.62 bits per heavy atom. The van der Waals surface area contributed by atoms with E-state index in [1.807, 2.05) is 55.5 Å². The first kappa shape index (κ1) is 18.9. The Labute approximate surface area is 169 Å². The van der Waals surface area contributed by atoms with Crippen molar-refractivity contribution in [3.05, 3.63) is 83.8 Å². The smallest absolute Gasteiger partial charge is 0.255 e. The van der Waals surface area contributed by atoms with Gasteiger partial charge in [-0.15, -0.1) is 0 Å². The van der Waals surface area contributed by atoms with Gasteiger partial charge in [-0.1, -0.05) is 30.3 Å². The van der Waals surface area contributed by atoms with Crippen LogP contribution in [0.5, 0.6) is 0 Å². The highest BCUT2D eigenvalue weighted by atomic mass is 19.1. The number of aryl methyl sites for hydroxylation is 1. The van der Waals surface area contributed by atoms with Crippen molar-refractivity contribution in [1.82, 2.24) is 4.98 Å². The zero-order valence-electron chi connectivity index (χ0n) is 16.3. The fourth-order valence-corrected chi connectivity index (χ4v) is 3.56. The molecule has 0 saturated carbocycles. The van der Waals surface area contributed by atoms with Crippen molar-refractivity contribution in [2.45, 2.75) is 6.92 Å². The van der Waals surface area contributed by atoms with Gasteiger partial charge in [0.2, 0.25) is 0 Å². The molecule has 0 radical (unpaired) electrons. The van der Waals surface area contributed by atoms with E-state index in [9.17, 15) is 9.18 Å². The van der Waals surface area contributed by atoms with Crippen molar-refractivity contribution in [3.8, 4) is 0 Å². The number of halogens is 1. The number of carbonyl (C=O) groups excluding carboxylic acids is 1. The molecule has 0 spiro atoms. The molecule has 0 atom stereocenters. The molecule has 2 heterocycles. The lowest BCUT2D eigenvalue weighted by Gasteiger charge is -2.36. The Balaban J connectivity index is 1.37. The van der Waals surface area contributed by atoms with Gasteiger partial charge in [0, 0.05) is 31.7 Å². The van der Waals surface area contributed by atoms with Crippen LogP contribution in [-0.4, -0.2) is 37.1 Å². The molecule has 29 heavy (non-hydrogen) atoms. The highest BCUT2D eigenvalue weighted by Crippen LogP contribution is 2.22. The number of anilines is 3. The lowest BCUT2D eigenvalue weighted by atomic mass is 10.1. The van der Waals surface area contributed by atoms with Gasteiger partial charge in [-0.25, -0.2) is 9.37 Å². The van der Waals surface area contributed by atoms with Crippen LogP contribution in [0.4, 0.5) is 21.6 Å². The van der Waals surface area contributed by atoms with Crippen molar-refractivity contribution in [1.29, 1.82) is 0 Å². The normalized spacial score (nSPS) is 14.0. The molecule has 1 amide bonds. The molecule has 5 nitrogen and oxygen atoms in total. The SMILES string of the molecule is Cc1ccccc1C(=O)Nc1ccc(N2CCN(c3ccccc3F)CC2)nc1. The predicted molar refractivity (Wildman–Crippen MR) is 114 cm³/mol. The zero-order valence-corrected chi connectivity index (χ0v) is 16.3. The number of hydrogen-bond acceptors (Lipinski definition) is 4. The van der Waals surface area contributed by atoms with E-state index in [4.69, 9.17) is 0 Å². The Kier molecular flexibility index (Phi) is 5.42. The second-order valence-corrected chi connectivity index (χ2v) is 7.10. The maximum Gasteiger partial charge on any atom is 0.255 e. The van der Waals surface area contributed by atoms with Crippen LogP contribution in [0.25, 0.3) is 0 Å². The molecule has 0 unspecified atom stereocenters. The largest absolute Gasteiger partial charge is 0.366 e. The minimum atomic E-state index is -0.187. The van der Waals surface area contributed by atoms with Gasteiger partial charge in [0.1, 0.15) is 11.6 Å². The van der Waals surface area contributed by atoms with Crippen LogP contribution in [0.2, 0.25) is 0 Å². The molecule has 1 fully saturated rings. The number of carbonyl (C=O) groups is 1. The molecule has 6 heteroatoms. The molecule has 0 bridgehead atoms. The van der Waals surface area contributed by atoms with Crippen LogP contribution in [0.3, 0.4) is 0 Å². The highest BCUT2D eigenvalue weighted by Gasteiger charge is 2.20. The third-order valence-electron chi connectivity index (χ3n) is 5.19. The maximum absolute atomic E-state index is 14.0. The summed E-state index contributed by atoms with van der Waals surface area (Å²) >= 11 is 0. The lowest BCUT2D eigenvalue weighted by Crippen LogP contribution is -2.47. The van der Waals surface area contributed by atoms with Gasteiger partial charge in [-0.3, -0.25) is 4.79 Å². The molecule has 1 aromatic heterocycles. The van der Waals surface area contributed by atoms with Crippen LogP contribution in [0.15, 0.2) is 66.9 Å². The summed E-state index contributed by atoms with van der Waals surface area (Å²) < 4.78 is 14.0. The first-order valence-corrected chi connectivity index (χ1v) is 9.69. The third-order valence-corrected chi connectivity index (χ3v) is 5.19. The van der Waals surface area contributed by atoms with E-state index < -0.39 is 0 Å². The fourth-order valence-electron chi connectivity index (χ4n) is 3.56. The summed E-state index contributed by atoms with van der Waals surface area (Å²) in [5, 5.41) is 2.89. The van der Waals surface area contributed by atoms with Crippen LogP contribution < -0.4 is 15.1 Å². The van der Waals surface area contributed by atoms with E-state index in [2.05, 4.69) is 20.1 Å². The number of piperazine rings is 1. The van der Waals surface area contributed by atoms with Crippen LogP contribution in [0.1, 0.15) is 15.9 Å². The first-order valence-electron chi connectivity index (χ1n) is 9.69. The van der Waals surface area contributed by atoms with Crippen LogP contribution in [-0.2, 0) is 0 Å². The molecule has 4 rings (SSSR count). The summed E-state index contributed by atoms with van der Waals surface area (Å²) in [5.41, 5.74) is 2.89. The van der Waals surface area contributed by atoms with Crippen molar-refractivity contribution in [2.24, 2.45) is 0 Å². The van der Waals surface area contributed by atoms with E-state index in [0.717, 1.165) is 37.6 Å². The van der Waals surface area contributed by atoms with Gasteiger partial charge >= 0.3 is 0 Å². The molecular weight excluding hydrogens is 367 g/mol. The van der Waals surface area contributed by atoms with Crippen molar-refractivity contribution in [3.63, 3.8) is 0 Å². The van der Waals surface area contributed by atoms with E-state index in [1.165, 1.54) is 6.07 Å². The molecule has 0 aliphatic carbocycles. The Morgan fingerprint density at radius 1 is 0.931 bits per heavy atom. The molecule has 1 N–H and O–H groups in total. The number of hydrogen-bond donors (Lipinski definition) is 1. The van der Waals surface area contributed by atoms with Crippen molar-refractivity contribution < 1.29 is 9.18 Å². The van der Waals surface area contributed by atoms with Crippen LogP contribution >= 0.6 is 0 Å². The van der Waals surface area contributed by atoms with Gasteiger partial charge in [-0.2, -0.15) is 0 Å². The summed E-state index contributed by atoms with van der Waals surface area (Å²) in [6, 6.07) is 18.1. The quantitative estimate of drug-likeness (QED) is 0.728. The number of aromatic nitrogens is 1. The van der Waals surface area contributed by atoms with Crippen molar-refractivity contribution >= 4 is 23.1 Å². The van der Waals surface area contributed by atoms with Gasteiger partial charge in [0.05, 0.1) is 17.6 Å². The van der Waals surface area contributed by atoms with Crippen molar-refractivity contribution in [2.75, 3.05) is 41.3 Å². The average Bonchev–Trinajstić information content (AvgIpc) is 2.75. The first-order chi connectivity index (χ1) is 14.1. The Bertz CT molecular complexity index is 998. The summed E-state index contributed by atoms with van der Waals surface area (Å²) in [7, 11) is 0. The summed E-state index contributed by atoms with van der Waals surface area (Å²) in [4.78, 5) is 21.2. The predicted octanol–water partition coefficient (Wildman–Crippen LogP) is 4.11. The number of nitrogens with one attached hydrogen (secondary N) is 1. The summed E-state index contributed by atoms with van der Waals surface area (Å²) in [5.74, 6) is 0.524. The Morgan fingerprint density at radius 3 is 2.31 bits per heavy atom. The van der Waals surface area contributed by atoms with E-state index >= 15 is 0 Å². The average molecular weight is 390 g/mol. The van der Waals surface area contributed by atoms with E-state index in [-0.39, 0.29) is 11.7 Å². The maximum atomic E-state index is 14.0. The number of benzene rings is 2. The highest BCUT2D eigenvalue weighted by molar-refractivity contribution is 6.05. The second-order valence-electron chi connectivity index (χ2n) is 7.10. The lowest BCUT2D eigenvalue weighted by molar-refractivity contribution is 0.102. The van der Waals surface area contributed by atoms with Gasteiger partial charge in [0.15, 0.2) is 0 Å². The molecule has 1 saturated heterocycles. The van der Waals surface area contributed by atoms with Gasteiger partial charge in [0.25, 0.3) is 5.91 Å². The molecule has 1 aliphatic rings. The number of nitrogens with zero attached hydrogens (tertiary/aromatic N) is 3. The summed E-state index contributed by atoms with van der Waals surface area (Å²) in [6.07, 6.45) is 1.68. The van der Waals surface area contributed by atoms with Gasteiger partial charge < -0.3 is 15.1 Å². The standard InChI is InChI=1S/C23H23FN4O/c1-17-6-2-3-7-19(17)23(29)26-18-10-11-22(25-16-18)28-14-12-27(13-15-28)21-9-5-4-8-20(21)24/h2-11,16H,12-15H2,1H3,(H,26,29). The van der Waals surface area contributed by atoms with Crippen LogP contribution in [0, 0.1) is 12.7 Å². The van der Waals surface area contributed by atoms with E-state index in [1.54, 1.807) is 12.3 Å². The Hall–Kier alpha value is -3.41. The second kappa shape index (κ2) is 8.31.